The van der Waals surface area contributed by atoms with Gasteiger partial charge in [-0.2, -0.15) is 5.23 Å². The minimum absolute atomic E-state index is 0.000852. The van der Waals surface area contributed by atoms with Gasteiger partial charge in [0.25, 0.3) is 0 Å². The molecule has 0 bridgehead atoms. The largest absolute Gasteiger partial charge is 0.595 e. The van der Waals surface area contributed by atoms with Gasteiger partial charge < -0.3 is 25.1 Å². The van der Waals surface area contributed by atoms with Crippen LogP contribution in [0.5, 0.6) is 0 Å². The zero-order chi connectivity index (χ0) is 23.8. The topological polar surface area (TPSA) is 124 Å². The van der Waals surface area contributed by atoms with E-state index >= 15 is 0 Å². The summed E-state index contributed by atoms with van der Waals surface area (Å²) in [6, 6.07) is 13.2. The van der Waals surface area contributed by atoms with E-state index < -0.39 is 17.3 Å². The van der Waals surface area contributed by atoms with Crippen molar-refractivity contribution in [3.8, 4) is 0 Å². The lowest BCUT2D eigenvalue weighted by molar-refractivity contribution is -0.991. The second-order valence-corrected chi connectivity index (χ2v) is 8.96. The number of nitrogens with zero attached hydrogens (tertiary/aromatic N) is 2. The molecule has 0 spiro atoms. The van der Waals surface area contributed by atoms with Gasteiger partial charge in [-0.05, 0) is 36.5 Å². The molecule has 3 unspecified atom stereocenters. The molecule has 34 heavy (non-hydrogen) atoms. The SMILES string of the molecule is O=C1C2Cc3c([nH]c4ccccc34)C(c3cccc([NH+]([O-])O)c3)N2C(=O)CN1CCCCCO. The fraction of sp³-hybridized carbons (Fsp3) is 0.360. The molecule has 2 aromatic carbocycles. The highest BCUT2D eigenvalue weighted by molar-refractivity contribution is 5.97. The number of rotatable bonds is 7. The molecule has 9 nitrogen and oxygen atoms in total. The number of aliphatic hydroxyl groups excluding tert-OH is 1. The summed E-state index contributed by atoms with van der Waals surface area (Å²) in [6.07, 6.45) is 2.60. The number of unbranched alkanes of at least 4 members (excludes halogenated alkanes) is 2. The Balaban J connectivity index is 1.58. The number of nitrogens with one attached hydrogen (secondary N) is 2. The van der Waals surface area contributed by atoms with Crippen molar-refractivity contribution in [2.75, 3.05) is 19.7 Å². The van der Waals surface area contributed by atoms with Crippen LogP contribution in [0.2, 0.25) is 0 Å². The van der Waals surface area contributed by atoms with E-state index in [0.717, 1.165) is 35.0 Å². The summed E-state index contributed by atoms with van der Waals surface area (Å²) < 4.78 is 0. The Bertz CT molecular complexity index is 1220. The van der Waals surface area contributed by atoms with Crippen LogP contribution in [-0.4, -0.2) is 62.7 Å². The van der Waals surface area contributed by atoms with Crippen LogP contribution in [0.25, 0.3) is 10.9 Å². The highest BCUT2D eigenvalue weighted by atomic mass is 16.8. The molecule has 2 amide bonds. The minimum Gasteiger partial charge on any atom is -0.595 e. The molecule has 178 valence electrons. The lowest BCUT2D eigenvalue weighted by Gasteiger charge is -2.47. The number of aliphatic hydroxyl groups is 1. The molecule has 1 aromatic heterocycles. The average Bonchev–Trinajstić information content (AvgIpc) is 3.22. The number of fused-ring (bicyclic) bond motifs is 4. The van der Waals surface area contributed by atoms with Crippen LogP contribution in [-0.2, 0) is 16.0 Å². The summed E-state index contributed by atoms with van der Waals surface area (Å²) >= 11 is 0. The van der Waals surface area contributed by atoms with Crippen LogP contribution in [0, 0.1) is 5.21 Å². The standard InChI is InChI=1S/C25H28N4O5/c30-12-5-1-4-11-27-15-22(31)28-21(25(27)32)14-19-18-9-2-3-10-20(18)26-23(19)24(28)16-7-6-8-17(13-16)29(33)34/h2-3,6-10,13,21,24,26,29-30,33H,1,4-5,11-12,14-15H2. The predicted octanol–water partition coefficient (Wildman–Crippen LogP) is 1.42. The van der Waals surface area contributed by atoms with Crippen molar-refractivity contribution >= 4 is 28.4 Å². The molecule has 3 heterocycles. The molecule has 3 aromatic rings. The first-order chi connectivity index (χ1) is 16.5. The molecule has 0 aliphatic carbocycles. The Kier molecular flexibility index (Phi) is 6.09. The van der Waals surface area contributed by atoms with Crippen LogP contribution in [0.4, 0.5) is 5.69 Å². The van der Waals surface area contributed by atoms with E-state index in [-0.39, 0.29) is 30.7 Å². The fourth-order valence-electron chi connectivity index (χ4n) is 5.29. The Morgan fingerprint density at radius 2 is 1.91 bits per heavy atom. The molecule has 0 saturated carbocycles. The molecule has 3 atom stereocenters. The maximum atomic E-state index is 13.6. The van der Waals surface area contributed by atoms with Gasteiger partial charge in [-0.1, -0.05) is 30.3 Å². The second kappa shape index (κ2) is 9.19. The van der Waals surface area contributed by atoms with Gasteiger partial charge in [0.15, 0.2) is 5.69 Å². The first kappa shape index (κ1) is 22.5. The van der Waals surface area contributed by atoms with E-state index in [1.165, 1.54) is 6.07 Å². The third-order valence-corrected chi connectivity index (χ3v) is 6.88. The van der Waals surface area contributed by atoms with E-state index in [1.54, 1.807) is 21.9 Å². The lowest BCUT2D eigenvalue weighted by Crippen LogP contribution is -2.99. The third kappa shape index (κ3) is 3.86. The molecule has 9 heteroatoms. The Hall–Kier alpha value is -3.24. The number of carbonyl (C=O) groups excluding carboxylic acids is 2. The van der Waals surface area contributed by atoms with Crippen LogP contribution >= 0.6 is 0 Å². The summed E-state index contributed by atoms with van der Waals surface area (Å²) in [5.41, 5.74) is 3.55. The number of benzene rings is 2. The monoisotopic (exact) mass is 464 g/mol. The van der Waals surface area contributed by atoms with E-state index in [9.17, 15) is 20.0 Å². The molecular weight excluding hydrogens is 436 g/mol. The zero-order valence-electron chi connectivity index (χ0n) is 18.7. The average molecular weight is 465 g/mol. The van der Waals surface area contributed by atoms with Crippen LogP contribution in [0.3, 0.4) is 0 Å². The normalized spacial score (nSPS) is 21.0. The Morgan fingerprint density at radius 1 is 1.09 bits per heavy atom. The van der Waals surface area contributed by atoms with Gasteiger partial charge in [0.2, 0.25) is 11.8 Å². The van der Waals surface area contributed by atoms with Gasteiger partial charge in [0.1, 0.15) is 6.04 Å². The van der Waals surface area contributed by atoms with Gasteiger partial charge in [-0.25, -0.2) is 5.21 Å². The first-order valence-corrected chi connectivity index (χ1v) is 11.6. The highest BCUT2D eigenvalue weighted by Crippen LogP contribution is 2.42. The van der Waals surface area contributed by atoms with Crippen molar-refractivity contribution in [1.82, 2.24) is 14.8 Å². The van der Waals surface area contributed by atoms with Crippen molar-refractivity contribution in [2.45, 2.75) is 37.8 Å². The van der Waals surface area contributed by atoms with E-state index in [4.69, 9.17) is 5.11 Å². The second-order valence-electron chi connectivity index (χ2n) is 8.96. The zero-order valence-corrected chi connectivity index (χ0v) is 18.7. The first-order valence-electron chi connectivity index (χ1n) is 11.6. The Morgan fingerprint density at radius 3 is 2.71 bits per heavy atom. The number of carbonyl (C=O) groups is 2. The lowest BCUT2D eigenvalue weighted by atomic mass is 9.86. The smallest absolute Gasteiger partial charge is 0.246 e. The van der Waals surface area contributed by atoms with Crippen LogP contribution in [0.1, 0.15) is 42.1 Å². The Labute approximate surface area is 196 Å². The van der Waals surface area contributed by atoms with Gasteiger partial charge in [-0.15, -0.1) is 0 Å². The summed E-state index contributed by atoms with van der Waals surface area (Å²) in [4.78, 5) is 33.8. The maximum Gasteiger partial charge on any atom is 0.246 e. The number of aromatic nitrogens is 1. The maximum absolute atomic E-state index is 13.6. The number of aromatic amines is 1. The summed E-state index contributed by atoms with van der Waals surface area (Å²) in [6.45, 7) is 0.595. The number of piperazine rings is 1. The van der Waals surface area contributed by atoms with Crippen molar-refractivity contribution in [2.24, 2.45) is 0 Å². The van der Waals surface area contributed by atoms with E-state index in [2.05, 4.69) is 4.98 Å². The highest BCUT2D eigenvalue weighted by Gasteiger charge is 2.48. The number of amides is 2. The molecule has 5 rings (SSSR count). The predicted molar refractivity (Wildman–Crippen MR) is 124 cm³/mol. The third-order valence-electron chi connectivity index (χ3n) is 6.88. The number of hydrogen-bond acceptors (Lipinski definition) is 5. The number of H-pyrrole nitrogens is 1. The fourth-order valence-corrected chi connectivity index (χ4v) is 5.29. The quantitative estimate of drug-likeness (QED) is 0.311. The molecule has 1 saturated heterocycles. The summed E-state index contributed by atoms with van der Waals surface area (Å²) in [7, 11) is 0. The van der Waals surface area contributed by atoms with Crippen molar-refractivity contribution in [3.63, 3.8) is 0 Å². The molecule has 1 fully saturated rings. The van der Waals surface area contributed by atoms with Crippen molar-refractivity contribution in [3.05, 3.63) is 70.6 Å². The molecular formula is C25H28N4O5. The molecule has 0 radical (unpaired) electrons. The van der Waals surface area contributed by atoms with Crippen LogP contribution < -0.4 is 5.23 Å². The van der Waals surface area contributed by atoms with Crippen LogP contribution in [0.15, 0.2) is 48.5 Å². The van der Waals surface area contributed by atoms with Gasteiger partial charge >= 0.3 is 0 Å². The van der Waals surface area contributed by atoms with Gasteiger partial charge in [0.05, 0.1) is 12.6 Å². The minimum atomic E-state index is -1.04. The summed E-state index contributed by atoms with van der Waals surface area (Å²) in [5, 5.41) is 30.2. The summed E-state index contributed by atoms with van der Waals surface area (Å²) in [5.74, 6) is -0.235. The molecule has 2 aliphatic heterocycles. The van der Waals surface area contributed by atoms with E-state index in [0.29, 0.717) is 24.9 Å². The van der Waals surface area contributed by atoms with Gasteiger partial charge in [-0.3, -0.25) is 9.59 Å². The number of quaternary nitrogens is 1. The number of para-hydroxylation sites is 1. The van der Waals surface area contributed by atoms with E-state index in [1.807, 2.05) is 30.3 Å². The molecule has 4 N–H and O–H groups in total. The van der Waals surface area contributed by atoms with Gasteiger partial charge in [0, 0.05) is 48.3 Å². The van der Waals surface area contributed by atoms with Crippen molar-refractivity contribution in [1.29, 1.82) is 0 Å². The van der Waals surface area contributed by atoms with Crippen molar-refractivity contribution < 1.29 is 25.1 Å². The molecule has 2 aliphatic rings. The number of hydrogen-bond donors (Lipinski definition) is 4.